The van der Waals surface area contributed by atoms with Crippen LogP contribution in [0.3, 0.4) is 0 Å². The van der Waals surface area contributed by atoms with E-state index in [1.807, 2.05) is 18.2 Å². The maximum atomic E-state index is 6.18. The predicted octanol–water partition coefficient (Wildman–Crippen LogP) is 3.79. The third-order valence-corrected chi connectivity index (χ3v) is 4.01. The van der Waals surface area contributed by atoms with Crippen molar-refractivity contribution in [3.05, 3.63) is 62.9 Å². The van der Waals surface area contributed by atoms with E-state index >= 15 is 0 Å². The molecule has 0 radical (unpaired) electrons. The summed E-state index contributed by atoms with van der Waals surface area (Å²) in [6.45, 7) is 0. The van der Waals surface area contributed by atoms with Crippen LogP contribution in [0.5, 0.6) is 0 Å². The van der Waals surface area contributed by atoms with E-state index in [0.29, 0.717) is 21.5 Å². The molecular formula is C13H12Cl3N3. The van der Waals surface area contributed by atoms with E-state index in [1.165, 1.54) is 0 Å². The van der Waals surface area contributed by atoms with Crippen LogP contribution in [0.25, 0.3) is 0 Å². The van der Waals surface area contributed by atoms with Crippen LogP contribution in [0.4, 0.5) is 0 Å². The maximum absolute atomic E-state index is 6.18. The molecule has 1 atom stereocenters. The van der Waals surface area contributed by atoms with Gasteiger partial charge < -0.3 is 0 Å². The Labute approximate surface area is 126 Å². The van der Waals surface area contributed by atoms with E-state index in [0.717, 1.165) is 11.1 Å². The topological polar surface area (TPSA) is 50.9 Å². The van der Waals surface area contributed by atoms with E-state index in [2.05, 4.69) is 10.4 Å². The fourth-order valence-corrected chi connectivity index (χ4v) is 2.50. The summed E-state index contributed by atoms with van der Waals surface area (Å²) in [5, 5.41) is 1.62. The molecule has 0 spiro atoms. The summed E-state index contributed by atoms with van der Waals surface area (Å²) >= 11 is 18.3. The molecule has 2 rings (SSSR count). The number of rotatable bonds is 4. The summed E-state index contributed by atoms with van der Waals surface area (Å²) in [6, 6.07) is 7.17. The van der Waals surface area contributed by atoms with Crippen LogP contribution in [0.2, 0.25) is 15.1 Å². The van der Waals surface area contributed by atoms with Crippen LogP contribution >= 0.6 is 34.8 Å². The van der Waals surface area contributed by atoms with E-state index in [1.54, 1.807) is 18.5 Å². The molecule has 100 valence electrons. The highest BCUT2D eigenvalue weighted by Crippen LogP contribution is 2.30. The Balaban J connectivity index is 2.30. The fraction of sp³-hybridized carbons (Fsp3) is 0.154. The third kappa shape index (κ3) is 3.38. The molecule has 0 saturated carbocycles. The lowest BCUT2D eigenvalue weighted by molar-refractivity contribution is 0.551. The minimum Gasteiger partial charge on any atom is -0.271 e. The van der Waals surface area contributed by atoms with Crippen molar-refractivity contribution in [1.29, 1.82) is 0 Å². The molecule has 19 heavy (non-hydrogen) atoms. The number of hydrogen-bond donors (Lipinski definition) is 2. The molecular weight excluding hydrogens is 305 g/mol. The molecule has 1 aromatic carbocycles. The van der Waals surface area contributed by atoms with Crippen molar-refractivity contribution in [2.75, 3.05) is 0 Å². The zero-order valence-electron chi connectivity index (χ0n) is 9.91. The molecule has 0 aliphatic carbocycles. The van der Waals surface area contributed by atoms with E-state index in [9.17, 15) is 0 Å². The van der Waals surface area contributed by atoms with Crippen LogP contribution in [0, 0.1) is 0 Å². The van der Waals surface area contributed by atoms with Gasteiger partial charge >= 0.3 is 0 Å². The SMILES string of the molecule is NNC(Cc1cccc(Cl)c1Cl)c1ccncc1Cl. The molecule has 3 N–H and O–H groups in total. The number of hydrogen-bond acceptors (Lipinski definition) is 3. The minimum absolute atomic E-state index is 0.161. The standard InChI is InChI=1S/C13H12Cl3N3/c14-10-3-1-2-8(13(10)16)6-12(19-17)9-4-5-18-7-11(9)15/h1-5,7,12,19H,6,17H2. The molecule has 3 nitrogen and oxygen atoms in total. The van der Waals surface area contributed by atoms with Gasteiger partial charge in [-0.1, -0.05) is 46.9 Å². The van der Waals surface area contributed by atoms with Crippen molar-refractivity contribution in [1.82, 2.24) is 10.4 Å². The van der Waals surface area contributed by atoms with Crippen LogP contribution in [0.15, 0.2) is 36.7 Å². The molecule has 0 amide bonds. The molecule has 1 heterocycles. The second-order valence-corrected chi connectivity index (χ2v) is 5.23. The van der Waals surface area contributed by atoms with E-state index in [4.69, 9.17) is 40.6 Å². The van der Waals surface area contributed by atoms with Gasteiger partial charge in [-0.3, -0.25) is 16.3 Å². The summed E-state index contributed by atoms with van der Waals surface area (Å²) in [4.78, 5) is 3.95. The molecule has 2 aromatic rings. The monoisotopic (exact) mass is 315 g/mol. The Bertz CT molecular complexity index is 575. The number of nitrogens with zero attached hydrogens (tertiary/aromatic N) is 1. The van der Waals surface area contributed by atoms with Crippen molar-refractivity contribution < 1.29 is 0 Å². The molecule has 1 aromatic heterocycles. The molecule has 0 saturated heterocycles. The first kappa shape index (κ1) is 14.6. The van der Waals surface area contributed by atoms with Gasteiger partial charge in [-0.15, -0.1) is 0 Å². The minimum atomic E-state index is -0.161. The van der Waals surface area contributed by atoms with Crippen molar-refractivity contribution >= 4 is 34.8 Å². The largest absolute Gasteiger partial charge is 0.271 e. The highest BCUT2D eigenvalue weighted by atomic mass is 35.5. The molecule has 0 fully saturated rings. The van der Waals surface area contributed by atoms with E-state index < -0.39 is 0 Å². The Kier molecular flexibility index (Phi) is 5.02. The number of aromatic nitrogens is 1. The second kappa shape index (κ2) is 6.55. The Hall–Kier alpha value is -0.840. The number of nitrogens with two attached hydrogens (primary N) is 1. The van der Waals surface area contributed by atoms with Gasteiger partial charge in [-0.2, -0.15) is 0 Å². The molecule has 0 aliphatic heterocycles. The van der Waals surface area contributed by atoms with Gasteiger partial charge in [0.05, 0.1) is 21.1 Å². The van der Waals surface area contributed by atoms with Crippen LogP contribution < -0.4 is 11.3 Å². The summed E-state index contributed by atoms with van der Waals surface area (Å²) < 4.78 is 0. The summed E-state index contributed by atoms with van der Waals surface area (Å²) in [7, 11) is 0. The number of halogens is 3. The van der Waals surface area contributed by atoms with Crippen LogP contribution in [-0.4, -0.2) is 4.98 Å². The lowest BCUT2D eigenvalue weighted by atomic mass is 10.0. The Morgan fingerprint density at radius 2 is 1.95 bits per heavy atom. The predicted molar refractivity (Wildman–Crippen MR) is 79.5 cm³/mol. The quantitative estimate of drug-likeness (QED) is 0.666. The fourth-order valence-electron chi connectivity index (χ4n) is 1.85. The Morgan fingerprint density at radius 3 is 2.63 bits per heavy atom. The lowest BCUT2D eigenvalue weighted by Gasteiger charge is -2.18. The second-order valence-electron chi connectivity index (χ2n) is 4.03. The molecule has 1 unspecified atom stereocenters. The van der Waals surface area contributed by atoms with Crippen molar-refractivity contribution in [2.24, 2.45) is 5.84 Å². The van der Waals surface area contributed by atoms with Crippen LogP contribution in [-0.2, 0) is 6.42 Å². The first-order valence-electron chi connectivity index (χ1n) is 5.62. The highest BCUT2D eigenvalue weighted by Gasteiger charge is 2.16. The zero-order valence-corrected chi connectivity index (χ0v) is 12.2. The average Bonchev–Trinajstić information content (AvgIpc) is 2.41. The molecule has 0 bridgehead atoms. The van der Waals surface area contributed by atoms with Crippen molar-refractivity contribution in [3.63, 3.8) is 0 Å². The van der Waals surface area contributed by atoms with E-state index in [-0.39, 0.29) is 6.04 Å². The van der Waals surface area contributed by atoms with Crippen molar-refractivity contribution in [3.8, 4) is 0 Å². The van der Waals surface area contributed by atoms with Gasteiger partial charge in [-0.05, 0) is 29.7 Å². The first-order chi connectivity index (χ1) is 9.13. The van der Waals surface area contributed by atoms with Gasteiger partial charge in [0.1, 0.15) is 0 Å². The normalized spacial score (nSPS) is 12.4. The maximum Gasteiger partial charge on any atom is 0.0637 e. The van der Waals surface area contributed by atoms with Crippen LogP contribution in [0.1, 0.15) is 17.2 Å². The summed E-state index contributed by atoms with van der Waals surface area (Å²) in [5.41, 5.74) is 4.52. The molecule has 6 heteroatoms. The number of benzene rings is 1. The third-order valence-electron chi connectivity index (χ3n) is 2.84. The first-order valence-corrected chi connectivity index (χ1v) is 6.75. The van der Waals surface area contributed by atoms with Gasteiger partial charge in [0, 0.05) is 12.4 Å². The average molecular weight is 317 g/mol. The molecule has 0 aliphatic rings. The number of hydrazine groups is 1. The van der Waals surface area contributed by atoms with Gasteiger partial charge in [0.2, 0.25) is 0 Å². The highest BCUT2D eigenvalue weighted by molar-refractivity contribution is 6.42. The lowest BCUT2D eigenvalue weighted by Crippen LogP contribution is -2.30. The Morgan fingerprint density at radius 1 is 1.16 bits per heavy atom. The smallest absolute Gasteiger partial charge is 0.0637 e. The number of pyridine rings is 1. The van der Waals surface area contributed by atoms with Gasteiger partial charge in [0.25, 0.3) is 0 Å². The van der Waals surface area contributed by atoms with Crippen molar-refractivity contribution in [2.45, 2.75) is 12.5 Å². The summed E-state index contributed by atoms with van der Waals surface area (Å²) in [6.07, 6.45) is 3.84. The summed E-state index contributed by atoms with van der Waals surface area (Å²) in [5.74, 6) is 5.60. The van der Waals surface area contributed by atoms with Gasteiger partial charge in [-0.25, -0.2) is 0 Å². The van der Waals surface area contributed by atoms with Gasteiger partial charge in [0.15, 0.2) is 0 Å². The number of nitrogens with one attached hydrogen (secondary N) is 1. The zero-order chi connectivity index (χ0) is 13.8.